The lowest BCUT2D eigenvalue weighted by molar-refractivity contribution is -0.142. The molecule has 0 heterocycles. The van der Waals surface area contributed by atoms with Crippen LogP contribution >= 0.6 is 11.6 Å². The monoisotopic (exact) mass is 251 g/mol. The highest BCUT2D eigenvalue weighted by Crippen LogP contribution is 2.25. The van der Waals surface area contributed by atoms with E-state index in [-0.39, 0.29) is 12.4 Å². The van der Waals surface area contributed by atoms with E-state index >= 15 is 0 Å². The molecule has 0 atom stereocenters. The van der Waals surface area contributed by atoms with Gasteiger partial charge in [0.15, 0.2) is 0 Å². The second-order valence-electron chi connectivity index (χ2n) is 3.51. The Morgan fingerprint density at radius 2 is 2.18 bits per heavy atom. The molecule has 3 nitrogen and oxygen atoms in total. The predicted octanol–water partition coefficient (Wildman–Crippen LogP) is 2.88. The first-order valence-electron chi connectivity index (χ1n) is 5.50. The normalized spacial score (nSPS) is 9.76. The van der Waals surface area contributed by atoms with E-state index in [1.165, 1.54) is 0 Å². The summed E-state index contributed by atoms with van der Waals surface area (Å²) >= 11 is 6.18. The zero-order chi connectivity index (χ0) is 12.8. The van der Waals surface area contributed by atoms with Crippen LogP contribution in [0.3, 0.4) is 0 Å². The minimum absolute atomic E-state index is 0.0450. The van der Waals surface area contributed by atoms with Crippen LogP contribution in [0.15, 0.2) is 12.1 Å². The van der Waals surface area contributed by atoms with Crippen molar-refractivity contribution in [1.82, 2.24) is 0 Å². The molecule has 1 aromatic carbocycles. The molecule has 0 saturated heterocycles. The average Bonchev–Trinajstić information content (AvgIpc) is 2.32. The molecule has 0 saturated carbocycles. The molecule has 4 heteroatoms. The largest absolute Gasteiger partial charge is 0.466 e. The van der Waals surface area contributed by atoms with Crippen molar-refractivity contribution >= 4 is 17.6 Å². The van der Waals surface area contributed by atoms with Crippen molar-refractivity contribution in [1.29, 1.82) is 5.26 Å². The maximum Gasteiger partial charge on any atom is 0.310 e. The number of carbonyl (C=O) groups excluding carboxylic acids is 1. The van der Waals surface area contributed by atoms with Crippen molar-refractivity contribution in [2.45, 2.75) is 26.7 Å². The Morgan fingerprint density at radius 3 is 2.71 bits per heavy atom. The molecule has 90 valence electrons. The summed E-state index contributed by atoms with van der Waals surface area (Å²) in [5.41, 5.74) is 1.93. The topological polar surface area (TPSA) is 50.1 Å². The summed E-state index contributed by atoms with van der Waals surface area (Å²) in [6, 6.07) is 5.55. The number of nitrogens with zero attached hydrogens (tertiary/aromatic N) is 1. The van der Waals surface area contributed by atoms with Crippen molar-refractivity contribution in [2.75, 3.05) is 6.61 Å². The van der Waals surface area contributed by atoms with Crippen molar-refractivity contribution in [3.63, 3.8) is 0 Å². The fourth-order valence-corrected chi connectivity index (χ4v) is 1.94. The van der Waals surface area contributed by atoms with Crippen LogP contribution in [-0.2, 0) is 22.4 Å². The summed E-state index contributed by atoms with van der Waals surface area (Å²) in [7, 11) is 0. The lowest BCUT2D eigenvalue weighted by Gasteiger charge is -2.09. The van der Waals surface area contributed by atoms with Gasteiger partial charge in [-0.15, -0.1) is 0 Å². The Bertz CT molecular complexity index is 463. The molecule has 0 N–H and O–H groups in total. The molecule has 1 rings (SSSR count). The van der Waals surface area contributed by atoms with Crippen LogP contribution in [0.1, 0.15) is 30.5 Å². The molecule has 0 aromatic heterocycles. The number of aryl methyl sites for hydroxylation is 1. The minimum Gasteiger partial charge on any atom is -0.466 e. The van der Waals surface area contributed by atoms with Crippen molar-refractivity contribution in [2.24, 2.45) is 0 Å². The van der Waals surface area contributed by atoms with Gasteiger partial charge in [-0.1, -0.05) is 24.6 Å². The zero-order valence-electron chi connectivity index (χ0n) is 9.92. The molecule has 0 fully saturated rings. The van der Waals surface area contributed by atoms with E-state index in [1.54, 1.807) is 13.0 Å². The summed E-state index contributed by atoms with van der Waals surface area (Å²) in [4.78, 5) is 11.4. The Labute approximate surface area is 106 Å². The fourth-order valence-electron chi connectivity index (χ4n) is 1.58. The van der Waals surface area contributed by atoms with Gasteiger partial charge in [0.1, 0.15) is 0 Å². The van der Waals surface area contributed by atoms with E-state index in [1.807, 2.05) is 19.1 Å². The van der Waals surface area contributed by atoms with Gasteiger partial charge >= 0.3 is 5.97 Å². The lowest BCUT2D eigenvalue weighted by Crippen LogP contribution is -2.10. The SMILES string of the molecule is CCOC(=O)Cc1c(C#N)ccc(CC)c1Cl. The maximum atomic E-state index is 11.4. The first-order chi connectivity index (χ1) is 8.13. The van der Waals surface area contributed by atoms with Crippen LogP contribution in [-0.4, -0.2) is 12.6 Å². The van der Waals surface area contributed by atoms with Crippen molar-refractivity contribution < 1.29 is 9.53 Å². The van der Waals surface area contributed by atoms with Gasteiger partial charge in [-0.05, 0) is 30.5 Å². The van der Waals surface area contributed by atoms with Crippen LogP contribution in [0.4, 0.5) is 0 Å². The first kappa shape index (κ1) is 13.5. The molecule has 0 spiro atoms. The van der Waals surface area contributed by atoms with Gasteiger partial charge < -0.3 is 4.74 Å². The number of esters is 1. The molecule has 0 bridgehead atoms. The van der Waals surface area contributed by atoms with Crippen LogP contribution < -0.4 is 0 Å². The number of hydrogen-bond donors (Lipinski definition) is 0. The highest BCUT2D eigenvalue weighted by atomic mass is 35.5. The number of ether oxygens (including phenoxy) is 1. The summed E-state index contributed by atoms with van der Waals surface area (Å²) in [5, 5.41) is 9.49. The van der Waals surface area contributed by atoms with E-state index in [4.69, 9.17) is 21.6 Å². The second-order valence-corrected chi connectivity index (χ2v) is 3.89. The second kappa shape index (κ2) is 6.27. The number of benzene rings is 1. The van der Waals surface area contributed by atoms with Crippen molar-refractivity contribution in [3.05, 3.63) is 33.8 Å². The summed E-state index contributed by atoms with van der Waals surface area (Å²) < 4.78 is 4.87. The molecule has 17 heavy (non-hydrogen) atoms. The third-order valence-electron chi connectivity index (χ3n) is 2.45. The van der Waals surface area contributed by atoms with Crippen molar-refractivity contribution in [3.8, 4) is 6.07 Å². The van der Waals surface area contributed by atoms with Gasteiger partial charge in [0.25, 0.3) is 0 Å². The van der Waals surface area contributed by atoms with Crippen LogP contribution in [0.5, 0.6) is 0 Å². The highest BCUT2D eigenvalue weighted by Gasteiger charge is 2.15. The Morgan fingerprint density at radius 1 is 1.47 bits per heavy atom. The smallest absolute Gasteiger partial charge is 0.310 e. The van der Waals surface area contributed by atoms with E-state index in [0.717, 1.165) is 12.0 Å². The van der Waals surface area contributed by atoms with Gasteiger partial charge in [0, 0.05) is 5.02 Å². The minimum atomic E-state index is -0.362. The quantitative estimate of drug-likeness (QED) is 0.773. The number of nitriles is 1. The number of carbonyl (C=O) groups is 1. The number of halogens is 1. The zero-order valence-corrected chi connectivity index (χ0v) is 10.7. The van der Waals surface area contributed by atoms with E-state index < -0.39 is 0 Å². The van der Waals surface area contributed by atoms with Crippen LogP contribution in [0.25, 0.3) is 0 Å². The summed E-state index contributed by atoms with van der Waals surface area (Å²) in [6.45, 7) is 4.04. The van der Waals surface area contributed by atoms with E-state index in [0.29, 0.717) is 22.8 Å². The van der Waals surface area contributed by atoms with Gasteiger partial charge in [0.05, 0.1) is 24.7 Å². The molecule has 0 aliphatic rings. The third-order valence-corrected chi connectivity index (χ3v) is 2.92. The highest BCUT2D eigenvalue weighted by molar-refractivity contribution is 6.32. The van der Waals surface area contributed by atoms with E-state index in [2.05, 4.69) is 0 Å². The van der Waals surface area contributed by atoms with Crippen LogP contribution in [0.2, 0.25) is 5.02 Å². The Hall–Kier alpha value is -1.53. The molecule has 0 radical (unpaired) electrons. The van der Waals surface area contributed by atoms with Crippen LogP contribution in [0, 0.1) is 11.3 Å². The third kappa shape index (κ3) is 3.21. The van der Waals surface area contributed by atoms with Gasteiger partial charge in [-0.2, -0.15) is 5.26 Å². The predicted molar refractivity (Wildman–Crippen MR) is 65.9 cm³/mol. The molecule has 0 aliphatic carbocycles. The van der Waals surface area contributed by atoms with Gasteiger partial charge in [-0.25, -0.2) is 0 Å². The molecular formula is C13H14ClNO2. The number of hydrogen-bond acceptors (Lipinski definition) is 3. The number of rotatable bonds is 4. The van der Waals surface area contributed by atoms with Gasteiger partial charge in [-0.3, -0.25) is 4.79 Å². The molecular weight excluding hydrogens is 238 g/mol. The average molecular weight is 252 g/mol. The Kier molecular flexibility index (Phi) is 4.99. The molecule has 0 amide bonds. The van der Waals surface area contributed by atoms with E-state index in [9.17, 15) is 4.79 Å². The molecule has 0 unspecified atom stereocenters. The first-order valence-corrected chi connectivity index (χ1v) is 5.87. The molecule has 0 aliphatic heterocycles. The summed E-state index contributed by atoms with van der Waals surface area (Å²) in [6.07, 6.45) is 0.809. The maximum absolute atomic E-state index is 11.4. The standard InChI is InChI=1S/C13H14ClNO2/c1-3-9-5-6-10(8-15)11(13(9)14)7-12(16)17-4-2/h5-6H,3-4,7H2,1-2H3. The summed E-state index contributed by atoms with van der Waals surface area (Å²) in [5.74, 6) is -0.362. The van der Waals surface area contributed by atoms with Gasteiger partial charge in [0.2, 0.25) is 0 Å². The lowest BCUT2D eigenvalue weighted by atomic mass is 10.0. The Balaban J connectivity index is 3.11. The fraction of sp³-hybridized carbons (Fsp3) is 0.385. The molecule has 1 aromatic rings.